The van der Waals surface area contributed by atoms with Crippen LogP contribution in [0.3, 0.4) is 0 Å². The van der Waals surface area contributed by atoms with Crippen LogP contribution < -0.4 is 0 Å². The van der Waals surface area contributed by atoms with Crippen LogP contribution in [0.25, 0.3) is 17.4 Å². The second kappa shape index (κ2) is 8.57. The molecule has 0 saturated carbocycles. The van der Waals surface area contributed by atoms with E-state index in [1.54, 1.807) is 55.6 Å². The number of carboxylic acids is 1. The predicted molar refractivity (Wildman–Crippen MR) is 122 cm³/mol. The fraction of sp³-hybridized carbons (Fsp3) is 0.0833. The summed E-state index contributed by atoms with van der Waals surface area (Å²) < 4.78 is 5.85. The molecule has 2 aromatic carbocycles. The van der Waals surface area contributed by atoms with Crippen molar-refractivity contribution in [2.24, 2.45) is 4.99 Å². The molecule has 1 aromatic heterocycles. The first kappa shape index (κ1) is 21.2. The van der Waals surface area contributed by atoms with Crippen molar-refractivity contribution in [2.75, 3.05) is 7.05 Å². The second-order valence-electron chi connectivity index (χ2n) is 7.07. The monoisotopic (exact) mass is 443 g/mol. The fourth-order valence-electron chi connectivity index (χ4n) is 3.04. The number of carbonyl (C=O) groups excluding carboxylic acids is 1. The number of carboxylic acid groups (broad SMARTS) is 1. The molecule has 2 heterocycles. The molecule has 3 aromatic rings. The van der Waals surface area contributed by atoms with Gasteiger partial charge in [0.15, 0.2) is 5.17 Å². The quantitative estimate of drug-likeness (QED) is 0.565. The van der Waals surface area contributed by atoms with E-state index in [2.05, 4.69) is 11.1 Å². The van der Waals surface area contributed by atoms with Crippen molar-refractivity contribution in [3.05, 3.63) is 82.0 Å². The van der Waals surface area contributed by atoms with Gasteiger partial charge >= 0.3 is 5.97 Å². The number of hydrogen-bond donors (Lipinski definition) is 1. The zero-order valence-electron chi connectivity index (χ0n) is 17.2. The summed E-state index contributed by atoms with van der Waals surface area (Å²) in [5, 5.41) is 18.6. The summed E-state index contributed by atoms with van der Waals surface area (Å²) in [6, 6.07) is 17.4. The van der Waals surface area contributed by atoms with E-state index in [1.165, 1.54) is 28.8 Å². The van der Waals surface area contributed by atoms with E-state index in [4.69, 9.17) is 9.68 Å². The number of nitrogens with zero attached hydrogens (tertiary/aromatic N) is 3. The number of thioether (sulfide) groups is 1. The van der Waals surface area contributed by atoms with Gasteiger partial charge in [-0.05, 0) is 72.8 Å². The normalized spacial score (nSPS) is 16.0. The molecular weight excluding hydrogens is 426 g/mol. The molecule has 0 unspecified atom stereocenters. The minimum atomic E-state index is -1.04. The first-order chi connectivity index (χ1) is 15.4. The van der Waals surface area contributed by atoms with Gasteiger partial charge in [0.2, 0.25) is 0 Å². The van der Waals surface area contributed by atoms with Gasteiger partial charge in [0.1, 0.15) is 11.5 Å². The van der Waals surface area contributed by atoms with Gasteiger partial charge in [-0.3, -0.25) is 9.69 Å². The van der Waals surface area contributed by atoms with E-state index >= 15 is 0 Å². The fourth-order valence-corrected chi connectivity index (χ4v) is 4.00. The van der Waals surface area contributed by atoms with Crippen LogP contribution in [0.15, 0.2) is 68.9 Å². The van der Waals surface area contributed by atoms with Crippen molar-refractivity contribution < 1.29 is 19.1 Å². The standard InChI is InChI=1S/C24H17N3O4S/c1-14-3-6-17(23(29)30)11-19(14)26-24-27(2)22(28)21(32-24)12-18-9-10-20(31-18)16-7-4-15(13-25)5-8-16/h3-12H,1-2H3,(H,29,30)/b21-12-,26-24?. The summed E-state index contributed by atoms with van der Waals surface area (Å²) in [5.74, 6) is -0.123. The zero-order chi connectivity index (χ0) is 22.8. The molecule has 158 valence electrons. The maximum Gasteiger partial charge on any atom is 0.335 e. The number of likely N-dealkylation sites (N-methyl/N-ethyl adjacent to an activating group) is 1. The molecule has 4 rings (SSSR count). The number of benzene rings is 2. The first-order valence-electron chi connectivity index (χ1n) is 9.56. The van der Waals surface area contributed by atoms with Gasteiger partial charge < -0.3 is 9.52 Å². The van der Waals surface area contributed by atoms with E-state index in [0.717, 1.165) is 11.1 Å². The summed E-state index contributed by atoms with van der Waals surface area (Å²) in [6.07, 6.45) is 1.65. The van der Waals surface area contributed by atoms with Gasteiger partial charge in [0, 0.05) is 18.7 Å². The van der Waals surface area contributed by atoms with E-state index in [-0.39, 0.29) is 11.5 Å². The van der Waals surface area contributed by atoms with Crippen LogP contribution in [0.4, 0.5) is 5.69 Å². The lowest BCUT2D eigenvalue weighted by Gasteiger charge is -2.08. The van der Waals surface area contributed by atoms with Crippen LogP contribution >= 0.6 is 11.8 Å². The lowest BCUT2D eigenvalue weighted by atomic mass is 10.1. The summed E-state index contributed by atoms with van der Waals surface area (Å²) in [7, 11) is 1.62. The van der Waals surface area contributed by atoms with E-state index in [1.807, 2.05) is 6.92 Å². The lowest BCUT2D eigenvalue weighted by Crippen LogP contribution is -2.23. The van der Waals surface area contributed by atoms with Gasteiger partial charge in [-0.15, -0.1) is 0 Å². The third-order valence-corrected chi connectivity index (χ3v) is 5.93. The van der Waals surface area contributed by atoms with Gasteiger partial charge in [0.25, 0.3) is 5.91 Å². The second-order valence-corrected chi connectivity index (χ2v) is 8.08. The highest BCUT2D eigenvalue weighted by Gasteiger charge is 2.31. The molecule has 0 spiro atoms. The zero-order valence-corrected chi connectivity index (χ0v) is 18.0. The van der Waals surface area contributed by atoms with Crippen LogP contribution in [0.5, 0.6) is 0 Å². The molecule has 1 N–H and O–H groups in total. The Morgan fingerprint density at radius 2 is 1.94 bits per heavy atom. The molecule has 1 amide bonds. The van der Waals surface area contributed by atoms with E-state index in [9.17, 15) is 14.7 Å². The highest BCUT2D eigenvalue weighted by molar-refractivity contribution is 8.18. The lowest BCUT2D eigenvalue weighted by molar-refractivity contribution is -0.121. The highest BCUT2D eigenvalue weighted by Crippen LogP contribution is 2.35. The third-order valence-electron chi connectivity index (χ3n) is 4.87. The smallest absolute Gasteiger partial charge is 0.335 e. The molecule has 0 radical (unpaired) electrons. The van der Waals surface area contributed by atoms with Gasteiger partial charge in [-0.25, -0.2) is 9.79 Å². The number of aromatic carboxylic acids is 1. The van der Waals surface area contributed by atoms with Crippen molar-refractivity contribution in [1.82, 2.24) is 4.90 Å². The summed E-state index contributed by atoms with van der Waals surface area (Å²) in [4.78, 5) is 30.3. The first-order valence-corrected chi connectivity index (χ1v) is 10.4. The number of nitriles is 1. The Kier molecular flexibility index (Phi) is 5.67. The number of amidine groups is 1. The average Bonchev–Trinajstić information content (AvgIpc) is 3.36. The minimum absolute atomic E-state index is 0.133. The Morgan fingerprint density at radius 1 is 1.19 bits per heavy atom. The molecule has 1 saturated heterocycles. The molecule has 0 aliphatic carbocycles. The van der Waals surface area contributed by atoms with Crippen LogP contribution in [0, 0.1) is 18.3 Å². The number of hydrogen-bond acceptors (Lipinski definition) is 6. The van der Waals surface area contributed by atoms with Crippen molar-refractivity contribution >= 4 is 40.6 Å². The molecule has 1 aliphatic heterocycles. The molecular formula is C24H17N3O4S. The molecule has 7 nitrogen and oxygen atoms in total. The van der Waals surface area contributed by atoms with Crippen LogP contribution in [0.2, 0.25) is 0 Å². The Labute approximate surface area is 188 Å². The molecule has 1 aliphatic rings. The van der Waals surface area contributed by atoms with Crippen LogP contribution in [0.1, 0.15) is 27.2 Å². The maximum absolute atomic E-state index is 12.7. The molecule has 32 heavy (non-hydrogen) atoms. The number of carbonyl (C=O) groups is 2. The highest BCUT2D eigenvalue weighted by atomic mass is 32.2. The maximum atomic E-state index is 12.7. The van der Waals surface area contributed by atoms with Crippen molar-refractivity contribution in [3.8, 4) is 17.4 Å². The Balaban J connectivity index is 1.60. The minimum Gasteiger partial charge on any atom is -0.478 e. The van der Waals surface area contributed by atoms with Crippen molar-refractivity contribution in [2.45, 2.75) is 6.92 Å². The Morgan fingerprint density at radius 3 is 2.62 bits per heavy atom. The Bertz CT molecular complexity index is 1330. The van der Waals surface area contributed by atoms with Crippen LogP contribution in [-0.2, 0) is 4.79 Å². The summed E-state index contributed by atoms with van der Waals surface area (Å²) >= 11 is 1.19. The number of furan rings is 1. The van der Waals surface area contributed by atoms with Gasteiger partial charge in [0.05, 0.1) is 27.8 Å². The number of aliphatic imine (C=N–C) groups is 1. The Hall–Kier alpha value is -4.09. The number of amides is 1. The molecule has 1 fully saturated rings. The van der Waals surface area contributed by atoms with Crippen LogP contribution in [-0.4, -0.2) is 34.1 Å². The van der Waals surface area contributed by atoms with Crippen molar-refractivity contribution in [3.63, 3.8) is 0 Å². The molecule has 0 bridgehead atoms. The van der Waals surface area contributed by atoms with Crippen molar-refractivity contribution in [1.29, 1.82) is 5.26 Å². The average molecular weight is 443 g/mol. The predicted octanol–water partition coefficient (Wildman–Crippen LogP) is 5.06. The van der Waals surface area contributed by atoms with Gasteiger partial charge in [-0.1, -0.05) is 6.07 Å². The molecule has 8 heteroatoms. The number of rotatable bonds is 4. The molecule has 0 atom stereocenters. The van der Waals surface area contributed by atoms with Gasteiger partial charge in [-0.2, -0.15) is 5.26 Å². The number of aryl methyl sites for hydroxylation is 1. The topological polar surface area (TPSA) is 107 Å². The summed E-state index contributed by atoms with van der Waals surface area (Å²) in [5.41, 5.74) is 2.82. The summed E-state index contributed by atoms with van der Waals surface area (Å²) in [6.45, 7) is 1.83. The third kappa shape index (κ3) is 4.19. The largest absolute Gasteiger partial charge is 0.478 e. The van der Waals surface area contributed by atoms with E-state index in [0.29, 0.717) is 32.8 Å². The van der Waals surface area contributed by atoms with E-state index < -0.39 is 5.97 Å². The SMILES string of the molecule is Cc1ccc(C(=O)O)cc1N=C1S/C(=C\c2ccc(-c3ccc(C#N)cc3)o2)C(=O)N1C.